The SMILES string of the molecule is CC(C)n1cc(C(=O)O)c(C2CC2)c1. The van der Waals surface area contributed by atoms with Gasteiger partial charge in [0.25, 0.3) is 0 Å². The van der Waals surface area contributed by atoms with E-state index in [1.54, 1.807) is 6.20 Å². The molecule has 2 rings (SSSR count). The molecule has 0 saturated heterocycles. The van der Waals surface area contributed by atoms with Crippen LogP contribution in [0.2, 0.25) is 0 Å². The van der Waals surface area contributed by atoms with Crippen LogP contribution in [0, 0.1) is 0 Å². The van der Waals surface area contributed by atoms with Gasteiger partial charge >= 0.3 is 5.97 Å². The fourth-order valence-corrected chi connectivity index (χ4v) is 1.69. The summed E-state index contributed by atoms with van der Waals surface area (Å²) in [6.45, 7) is 4.12. The second-order valence-electron chi connectivity index (χ2n) is 4.25. The first-order valence-corrected chi connectivity index (χ1v) is 5.04. The van der Waals surface area contributed by atoms with Gasteiger partial charge in [-0.25, -0.2) is 4.79 Å². The maximum absolute atomic E-state index is 11.0. The molecule has 0 aliphatic heterocycles. The maximum Gasteiger partial charge on any atom is 0.337 e. The van der Waals surface area contributed by atoms with Gasteiger partial charge in [-0.2, -0.15) is 0 Å². The van der Waals surface area contributed by atoms with Crippen molar-refractivity contribution in [3.8, 4) is 0 Å². The zero-order valence-electron chi connectivity index (χ0n) is 8.53. The maximum atomic E-state index is 11.0. The van der Waals surface area contributed by atoms with E-state index >= 15 is 0 Å². The van der Waals surface area contributed by atoms with Gasteiger partial charge in [0.2, 0.25) is 0 Å². The Morgan fingerprint density at radius 1 is 1.50 bits per heavy atom. The summed E-state index contributed by atoms with van der Waals surface area (Å²) in [5.74, 6) is -0.299. The molecule has 0 unspecified atom stereocenters. The van der Waals surface area contributed by atoms with E-state index < -0.39 is 5.97 Å². The lowest BCUT2D eigenvalue weighted by atomic mass is 10.1. The number of carbonyl (C=O) groups is 1. The van der Waals surface area contributed by atoms with Crippen LogP contribution in [-0.4, -0.2) is 15.6 Å². The first-order chi connectivity index (χ1) is 6.59. The minimum absolute atomic E-state index is 0.334. The second-order valence-corrected chi connectivity index (χ2v) is 4.25. The third-order valence-corrected chi connectivity index (χ3v) is 2.72. The van der Waals surface area contributed by atoms with Crippen molar-refractivity contribution in [1.29, 1.82) is 0 Å². The van der Waals surface area contributed by atoms with Crippen LogP contribution in [-0.2, 0) is 0 Å². The molecule has 76 valence electrons. The number of aromatic nitrogens is 1. The van der Waals surface area contributed by atoms with Crippen molar-refractivity contribution in [3.05, 3.63) is 23.5 Å². The van der Waals surface area contributed by atoms with Gasteiger partial charge < -0.3 is 9.67 Å². The van der Waals surface area contributed by atoms with Crippen molar-refractivity contribution in [3.63, 3.8) is 0 Å². The molecule has 0 bridgehead atoms. The highest BCUT2D eigenvalue weighted by molar-refractivity contribution is 5.89. The Kier molecular flexibility index (Phi) is 2.10. The van der Waals surface area contributed by atoms with E-state index in [2.05, 4.69) is 13.8 Å². The van der Waals surface area contributed by atoms with Crippen LogP contribution in [0.25, 0.3) is 0 Å². The minimum atomic E-state index is -0.800. The van der Waals surface area contributed by atoms with E-state index in [0.29, 0.717) is 17.5 Å². The summed E-state index contributed by atoms with van der Waals surface area (Å²) in [5.41, 5.74) is 1.51. The van der Waals surface area contributed by atoms with Crippen molar-refractivity contribution < 1.29 is 9.90 Å². The third kappa shape index (κ3) is 1.54. The van der Waals surface area contributed by atoms with Gasteiger partial charge in [0.15, 0.2) is 0 Å². The molecular formula is C11H15NO2. The molecule has 3 heteroatoms. The van der Waals surface area contributed by atoms with Crippen LogP contribution in [0.5, 0.6) is 0 Å². The Labute approximate surface area is 83.4 Å². The summed E-state index contributed by atoms with van der Waals surface area (Å²) in [6, 6.07) is 0.334. The van der Waals surface area contributed by atoms with Crippen LogP contribution in [0.15, 0.2) is 12.4 Å². The van der Waals surface area contributed by atoms with Crippen molar-refractivity contribution in [1.82, 2.24) is 4.57 Å². The zero-order valence-corrected chi connectivity index (χ0v) is 8.53. The average molecular weight is 193 g/mol. The number of hydrogen-bond acceptors (Lipinski definition) is 1. The van der Waals surface area contributed by atoms with Crippen LogP contribution in [0.4, 0.5) is 0 Å². The van der Waals surface area contributed by atoms with Gasteiger partial charge in [-0.15, -0.1) is 0 Å². The average Bonchev–Trinajstić information content (AvgIpc) is 2.83. The van der Waals surface area contributed by atoms with Crippen molar-refractivity contribution in [2.24, 2.45) is 0 Å². The monoisotopic (exact) mass is 193 g/mol. The van der Waals surface area contributed by atoms with Crippen LogP contribution < -0.4 is 0 Å². The Bertz CT molecular complexity index is 361. The first kappa shape index (κ1) is 9.31. The summed E-state index contributed by atoms with van der Waals surface area (Å²) < 4.78 is 1.98. The van der Waals surface area contributed by atoms with Gasteiger partial charge in [-0.05, 0) is 38.2 Å². The quantitative estimate of drug-likeness (QED) is 0.801. The third-order valence-electron chi connectivity index (χ3n) is 2.72. The Morgan fingerprint density at radius 2 is 2.14 bits per heavy atom. The molecule has 1 fully saturated rings. The molecule has 1 N–H and O–H groups in total. The highest BCUT2D eigenvalue weighted by atomic mass is 16.4. The molecule has 1 saturated carbocycles. The van der Waals surface area contributed by atoms with E-state index in [-0.39, 0.29) is 0 Å². The topological polar surface area (TPSA) is 42.2 Å². The zero-order chi connectivity index (χ0) is 10.3. The van der Waals surface area contributed by atoms with E-state index in [0.717, 1.165) is 18.4 Å². The summed E-state index contributed by atoms with van der Waals surface area (Å²) in [5, 5.41) is 9.02. The van der Waals surface area contributed by atoms with Gasteiger partial charge in [0.05, 0.1) is 5.56 Å². The molecule has 0 spiro atoms. The molecule has 14 heavy (non-hydrogen) atoms. The summed E-state index contributed by atoms with van der Waals surface area (Å²) in [4.78, 5) is 11.0. The normalized spacial score (nSPS) is 16.2. The molecular weight excluding hydrogens is 178 g/mol. The highest BCUT2D eigenvalue weighted by Gasteiger charge is 2.29. The molecule has 1 aromatic heterocycles. The Hall–Kier alpha value is -1.25. The highest BCUT2D eigenvalue weighted by Crippen LogP contribution is 2.42. The smallest absolute Gasteiger partial charge is 0.337 e. The lowest BCUT2D eigenvalue weighted by molar-refractivity contribution is 0.0695. The van der Waals surface area contributed by atoms with Gasteiger partial charge in [0, 0.05) is 18.4 Å². The number of carboxylic acid groups (broad SMARTS) is 1. The number of rotatable bonds is 3. The van der Waals surface area contributed by atoms with E-state index in [9.17, 15) is 4.79 Å². The fourth-order valence-electron chi connectivity index (χ4n) is 1.69. The number of nitrogens with zero attached hydrogens (tertiary/aromatic N) is 1. The van der Waals surface area contributed by atoms with E-state index in [1.807, 2.05) is 10.8 Å². The van der Waals surface area contributed by atoms with E-state index in [1.165, 1.54) is 0 Å². The molecule has 0 aromatic carbocycles. The largest absolute Gasteiger partial charge is 0.478 e. The predicted molar refractivity (Wildman–Crippen MR) is 53.8 cm³/mol. The summed E-state index contributed by atoms with van der Waals surface area (Å²) in [7, 11) is 0. The second kappa shape index (κ2) is 3.15. The number of aromatic carboxylic acids is 1. The summed E-state index contributed by atoms with van der Waals surface area (Å²) in [6.07, 6.45) is 6.03. The van der Waals surface area contributed by atoms with Crippen molar-refractivity contribution in [2.75, 3.05) is 0 Å². The van der Waals surface area contributed by atoms with E-state index in [4.69, 9.17) is 5.11 Å². The van der Waals surface area contributed by atoms with Crippen molar-refractivity contribution in [2.45, 2.75) is 38.6 Å². The molecule has 1 heterocycles. The minimum Gasteiger partial charge on any atom is -0.478 e. The molecule has 0 atom stereocenters. The number of hydrogen-bond donors (Lipinski definition) is 1. The van der Waals surface area contributed by atoms with Crippen LogP contribution >= 0.6 is 0 Å². The lowest BCUT2D eigenvalue weighted by Crippen LogP contribution is -1.98. The van der Waals surface area contributed by atoms with Gasteiger partial charge in [-0.1, -0.05) is 0 Å². The Morgan fingerprint density at radius 3 is 2.57 bits per heavy atom. The standard InChI is InChI=1S/C11H15NO2/c1-7(2)12-5-9(8-3-4-8)10(6-12)11(13)14/h5-8H,3-4H2,1-2H3,(H,13,14). The predicted octanol–water partition coefficient (Wildman–Crippen LogP) is 2.64. The molecule has 1 aliphatic carbocycles. The van der Waals surface area contributed by atoms with Crippen LogP contribution in [0.3, 0.4) is 0 Å². The number of carboxylic acids is 1. The summed E-state index contributed by atoms with van der Waals surface area (Å²) >= 11 is 0. The lowest BCUT2D eigenvalue weighted by Gasteiger charge is -2.04. The Balaban J connectivity index is 2.40. The molecule has 1 aromatic rings. The van der Waals surface area contributed by atoms with Gasteiger partial charge in [-0.3, -0.25) is 0 Å². The molecule has 0 amide bonds. The fraction of sp³-hybridized carbons (Fsp3) is 0.545. The van der Waals surface area contributed by atoms with Gasteiger partial charge in [0.1, 0.15) is 0 Å². The molecule has 1 aliphatic rings. The van der Waals surface area contributed by atoms with Crippen molar-refractivity contribution >= 4 is 5.97 Å². The molecule has 0 radical (unpaired) electrons. The first-order valence-electron chi connectivity index (χ1n) is 5.04. The molecule has 3 nitrogen and oxygen atoms in total. The van der Waals surface area contributed by atoms with Crippen LogP contribution in [0.1, 0.15) is 54.6 Å².